The molecular formula is C10H11ClN4. The van der Waals surface area contributed by atoms with Crippen molar-refractivity contribution in [1.82, 2.24) is 19.7 Å². The van der Waals surface area contributed by atoms with Crippen LogP contribution in [0.25, 0.3) is 11.4 Å². The van der Waals surface area contributed by atoms with Crippen LogP contribution in [0, 0.1) is 13.8 Å². The van der Waals surface area contributed by atoms with Crippen LogP contribution in [0.5, 0.6) is 0 Å². The molecule has 5 heteroatoms. The summed E-state index contributed by atoms with van der Waals surface area (Å²) in [5, 5.41) is 4.78. The zero-order chi connectivity index (χ0) is 11.0. The molecule has 4 nitrogen and oxygen atoms in total. The SMILES string of the molecule is Cc1nc(Cl)c(C)c(-c2ccn(C)n2)n1. The highest BCUT2D eigenvalue weighted by molar-refractivity contribution is 6.30. The summed E-state index contributed by atoms with van der Waals surface area (Å²) in [6.45, 7) is 3.71. The lowest BCUT2D eigenvalue weighted by Gasteiger charge is -2.04. The lowest BCUT2D eigenvalue weighted by molar-refractivity contribution is 0.769. The molecule has 0 aliphatic carbocycles. The Hall–Kier alpha value is -1.42. The van der Waals surface area contributed by atoms with Gasteiger partial charge in [0.25, 0.3) is 0 Å². The molecule has 0 amide bonds. The molecule has 0 spiro atoms. The van der Waals surface area contributed by atoms with Crippen molar-refractivity contribution in [2.45, 2.75) is 13.8 Å². The van der Waals surface area contributed by atoms with Gasteiger partial charge in [-0.1, -0.05) is 11.6 Å². The fourth-order valence-corrected chi connectivity index (χ4v) is 1.60. The highest BCUT2D eigenvalue weighted by Gasteiger charge is 2.11. The van der Waals surface area contributed by atoms with Crippen LogP contribution in [-0.4, -0.2) is 19.7 Å². The second-order valence-electron chi connectivity index (χ2n) is 3.41. The molecule has 2 rings (SSSR count). The number of nitrogens with zero attached hydrogens (tertiary/aromatic N) is 4. The number of aryl methyl sites for hydroxylation is 2. The van der Waals surface area contributed by atoms with Crippen LogP contribution in [0.2, 0.25) is 5.15 Å². The summed E-state index contributed by atoms with van der Waals surface area (Å²) in [7, 11) is 1.87. The second-order valence-corrected chi connectivity index (χ2v) is 3.77. The zero-order valence-corrected chi connectivity index (χ0v) is 9.58. The Morgan fingerprint density at radius 1 is 1.27 bits per heavy atom. The highest BCUT2D eigenvalue weighted by atomic mass is 35.5. The Labute approximate surface area is 92.9 Å². The maximum absolute atomic E-state index is 5.99. The van der Waals surface area contributed by atoms with Gasteiger partial charge in [0.2, 0.25) is 0 Å². The Morgan fingerprint density at radius 3 is 2.60 bits per heavy atom. The first-order valence-electron chi connectivity index (χ1n) is 4.58. The molecule has 0 atom stereocenters. The van der Waals surface area contributed by atoms with Crippen molar-refractivity contribution in [2.24, 2.45) is 7.05 Å². The van der Waals surface area contributed by atoms with Gasteiger partial charge in [-0.25, -0.2) is 9.97 Å². The maximum Gasteiger partial charge on any atom is 0.136 e. The van der Waals surface area contributed by atoms with Crippen LogP contribution in [0.1, 0.15) is 11.4 Å². The molecule has 0 saturated carbocycles. The van der Waals surface area contributed by atoms with E-state index in [0.717, 1.165) is 17.0 Å². The van der Waals surface area contributed by atoms with Gasteiger partial charge in [0.1, 0.15) is 16.7 Å². The summed E-state index contributed by atoms with van der Waals surface area (Å²) >= 11 is 5.99. The topological polar surface area (TPSA) is 43.6 Å². The average Bonchev–Trinajstić information content (AvgIpc) is 2.58. The zero-order valence-electron chi connectivity index (χ0n) is 8.82. The lowest BCUT2D eigenvalue weighted by Crippen LogP contribution is -1.97. The molecule has 0 aliphatic heterocycles. The van der Waals surface area contributed by atoms with Gasteiger partial charge in [-0.2, -0.15) is 5.10 Å². The van der Waals surface area contributed by atoms with Crippen molar-refractivity contribution in [1.29, 1.82) is 0 Å². The molecule has 0 fully saturated rings. The monoisotopic (exact) mass is 222 g/mol. The number of hydrogen-bond donors (Lipinski definition) is 0. The highest BCUT2D eigenvalue weighted by Crippen LogP contribution is 2.23. The predicted molar refractivity (Wildman–Crippen MR) is 58.7 cm³/mol. The number of halogens is 1. The van der Waals surface area contributed by atoms with Crippen LogP contribution in [0.15, 0.2) is 12.3 Å². The predicted octanol–water partition coefficient (Wildman–Crippen LogP) is 2.15. The third-order valence-corrected chi connectivity index (χ3v) is 2.52. The summed E-state index contributed by atoms with van der Waals surface area (Å²) in [4.78, 5) is 8.43. The first kappa shape index (κ1) is 10.1. The fraction of sp³-hybridized carbons (Fsp3) is 0.300. The van der Waals surface area contributed by atoms with Crippen LogP contribution < -0.4 is 0 Å². The van der Waals surface area contributed by atoms with E-state index < -0.39 is 0 Å². The van der Waals surface area contributed by atoms with E-state index in [2.05, 4.69) is 15.1 Å². The fourth-order valence-electron chi connectivity index (χ4n) is 1.39. The lowest BCUT2D eigenvalue weighted by atomic mass is 10.2. The van der Waals surface area contributed by atoms with Crippen molar-refractivity contribution in [2.75, 3.05) is 0 Å². The van der Waals surface area contributed by atoms with E-state index in [1.807, 2.05) is 33.2 Å². The van der Waals surface area contributed by atoms with Crippen LogP contribution in [-0.2, 0) is 7.05 Å². The minimum Gasteiger partial charge on any atom is -0.275 e. The normalized spacial score (nSPS) is 10.7. The molecule has 0 aromatic carbocycles. The quantitative estimate of drug-likeness (QED) is 0.695. The van der Waals surface area contributed by atoms with E-state index in [0.29, 0.717) is 11.0 Å². The van der Waals surface area contributed by atoms with E-state index in [-0.39, 0.29) is 0 Å². The van der Waals surface area contributed by atoms with Gasteiger partial charge in [-0.3, -0.25) is 4.68 Å². The third kappa shape index (κ3) is 1.85. The van der Waals surface area contributed by atoms with Crippen LogP contribution >= 0.6 is 11.6 Å². The van der Waals surface area contributed by atoms with Gasteiger partial charge < -0.3 is 0 Å². The summed E-state index contributed by atoms with van der Waals surface area (Å²) in [6.07, 6.45) is 1.88. The van der Waals surface area contributed by atoms with Gasteiger partial charge >= 0.3 is 0 Å². The summed E-state index contributed by atoms with van der Waals surface area (Å²) < 4.78 is 1.74. The molecule has 15 heavy (non-hydrogen) atoms. The molecular weight excluding hydrogens is 212 g/mol. The van der Waals surface area contributed by atoms with Gasteiger partial charge in [0, 0.05) is 18.8 Å². The van der Waals surface area contributed by atoms with Crippen LogP contribution in [0.4, 0.5) is 0 Å². The molecule has 0 unspecified atom stereocenters. The molecule has 0 aliphatic rings. The smallest absolute Gasteiger partial charge is 0.136 e. The number of hydrogen-bond acceptors (Lipinski definition) is 3. The van der Waals surface area contributed by atoms with E-state index >= 15 is 0 Å². The van der Waals surface area contributed by atoms with Gasteiger partial charge in [0.05, 0.1) is 5.69 Å². The minimum atomic E-state index is 0.489. The molecule has 78 valence electrons. The first-order chi connectivity index (χ1) is 7.08. The van der Waals surface area contributed by atoms with E-state index in [1.54, 1.807) is 4.68 Å². The maximum atomic E-state index is 5.99. The van der Waals surface area contributed by atoms with E-state index in [1.165, 1.54) is 0 Å². The molecule has 2 heterocycles. The van der Waals surface area contributed by atoms with Gasteiger partial charge in [-0.15, -0.1) is 0 Å². The number of rotatable bonds is 1. The standard InChI is InChI=1S/C10H11ClN4/c1-6-9(8-4-5-15(3)14-8)12-7(2)13-10(6)11/h4-5H,1-3H3. The molecule has 0 saturated heterocycles. The van der Waals surface area contributed by atoms with Crippen molar-refractivity contribution in [3.63, 3.8) is 0 Å². The Balaban J connectivity index is 2.62. The summed E-state index contributed by atoms with van der Waals surface area (Å²) in [5.41, 5.74) is 2.48. The minimum absolute atomic E-state index is 0.489. The Morgan fingerprint density at radius 2 is 2.00 bits per heavy atom. The molecule has 2 aromatic heterocycles. The van der Waals surface area contributed by atoms with Gasteiger partial charge in [-0.05, 0) is 19.9 Å². The molecule has 2 aromatic rings. The number of aromatic nitrogens is 4. The summed E-state index contributed by atoms with van der Waals surface area (Å²) in [5.74, 6) is 0.659. The Bertz CT molecular complexity index is 504. The van der Waals surface area contributed by atoms with E-state index in [4.69, 9.17) is 11.6 Å². The largest absolute Gasteiger partial charge is 0.275 e. The second kappa shape index (κ2) is 3.62. The third-order valence-electron chi connectivity index (χ3n) is 2.15. The van der Waals surface area contributed by atoms with Crippen molar-refractivity contribution in [3.8, 4) is 11.4 Å². The van der Waals surface area contributed by atoms with Crippen molar-refractivity contribution in [3.05, 3.63) is 28.8 Å². The molecule has 0 N–H and O–H groups in total. The van der Waals surface area contributed by atoms with Gasteiger partial charge in [0.15, 0.2) is 0 Å². The first-order valence-corrected chi connectivity index (χ1v) is 4.96. The molecule has 0 bridgehead atoms. The van der Waals surface area contributed by atoms with Crippen molar-refractivity contribution >= 4 is 11.6 Å². The van der Waals surface area contributed by atoms with Crippen LogP contribution in [0.3, 0.4) is 0 Å². The summed E-state index contributed by atoms with van der Waals surface area (Å²) in [6, 6.07) is 1.91. The van der Waals surface area contributed by atoms with E-state index in [9.17, 15) is 0 Å². The Kier molecular flexibility index (Phi) is 2.44. The van der Waals surface area contributed by atoms with Crippen molar-refractivity contribution < 1.29 is 0 Å². The molecule has 0 radical (unpaired) electrons. The average molecular weight is 223 g/mol.